The van der Waals surface area contributed by atoms with E-state index < -0.39 is 0 Å². The Morgan fingerprint density at radius 2 is 2.00 bits per heavy atom. The highest BCUT2D eigenvalue weighted by Gasteiger charge is 2.17. The SMILES string of the molecule is CCOc1cccc(CNC(=O)CN(C)C(C)c2ccccc2F)c1. The van der Waals surface area contributed by atoms with E-state index in [0.717, 1.165) is 11.3 Å². The van der Waals surface area contributed by atoms with Crippen LogP contribution in [-0.4, -0.2) is 31.0 Å². The number of hydrogen-bond acceptors (Lipinski definition) is 3. The topological polar surface area (TPSA) is 41.6 Å². The third-order valence-electron chi connectivity index (χ3n) is 4.11. The van der Waals surface area contributed by atoms with E-state index in [1.54, 1.807) is 18.2 Å². The van der Waals surface area contributed by atoms with Crippen LogP contribution in [0.15, 0.2) is 48.5 Å². The van der Waals surface area contributed by atoms with Crippen molar-refractivity contribution in [2.24, 2.45) is 0 Å². The highest BCUT2D eigenvalue weighted by atomic mass is 19.1. The quantitative estimate of drug-likeness (QED) is 0.796. The molecule has 2 rings (SSSR count). The van der Waals surface area contributed by atoms with Gasteiger partial charge in [0, 0.05) is 18.2 Å². The predicted molar refractivity (Wildman–Crippen MR) is 96.9 cm³/mol. The maximum absolute atomic E-state index is 13.9. The summed E-state index contributed by atoms with van der Waals surface area (Å²) in [5.41, 5.74) is 1.56. The molecule has 4 nitrogen and oxygen atoms in total. The van der Waals surface area contributed by atoms with Crippen molar-refractivity contribution in [2.45, 2.75) is 26.4 Å². The number of carbonyl (C=O) groups is 1. The summed E-state index contributed by atoms with van der Waals surface area (Å²) >= 11 is 0. The highest BCUT2D eigenvalue weighted by molar-refractivity contribution is 5.78. The first kappa shape index (κ1) is 18.9. The molecule has 0 aliphatic heterocycles. The molecule has 0 bridgehead atoms. The maximum atomic E-state index is 13.9. The molecule has 0 aliphatic rings. The van der Waals surface area contributed by atoms with Crippen LogP contribution in [-0.2, 0) is 11.3 Å². The Hall–Kier alpha value is -2.40. The van der Waals surface area contributed by atoms with Gasteiger partial charge < -0.3 is 10.1 Å². The van der Waals surface area contributed by atoms with E-state index in [9.17, 15) is 9.18 Å². The molecule has 0 heterocycles. The van der Waals surface area contributed by atoms with Gasteiger partial charge in [-0.3, -0.25) is 9.69 Å². The molecule has 0 fully saturated rings. The Morgan fingerprint density at radius 1 is 1.24 bits per heavy atom. The number of rotatable bonds is 8. The zero-order valence-corrected chi connectivity index (χ0v) is 15.0. The molecule has 0 radical (unpaired) electrons. The van der Waals surface area contributed by atoms with Gasteiger partial charge in [-0.15, -0.1) is 0 Å². The van der Waals surface area contributed by atoms with Crippen LogP contribution in [0.3, 0.4) is 0 Å². The van der Waals surface area contributed by atoms with E-state index in [1.807, 2.05) is 50.1 Å². The van der Waals surface area contributed by atoms with Gasteiger partial charge >= 0.3 is 0 Å². The minimum Gasteiger partial charge on any atom is -0.494 e. The van der Waals surface area contributed by atoms with Crippen molar-refractivity contribution in [3.8, 4) is 5.75 Å². The lowest BCUT2D eigenvalue weighted by Gasteiger charge is -2.24. The molecule has 2 aromatic carbocycles. The van der Waals surface area contributed by atoms with E-state index in [0.29, 0.717) is 18.7 Å². The first-order valence-electron chi connectivity index (χ1n) is 8.44. The van der Waals surface area contributed by atoms with Crippen LogP contribution < -0.4 is 10.1 Å². The molecule has 5 heteroatoms. The molecule has 2 aromatic rings. The lowest BCUT2D eigenvalue weighted by Crippen LogP contribution is -2.36. The van der Waals surface area contributed by atoms with Crippen LogP contribution in [0.2, 0.25) is 0 Å². The van der Waals surface area contributed by atoms with Gasteiger partial charge in [0.15, 0.2) is 0 Å². The van der Waals surface area contributed by atoms with Crippen LogP contribution in [0.5, 0.6) is 5.75 Å². The maximum Gasteiger partial charge on any atom is 0.234 e. The molecule has 134 valence electrons. The fraction of sp³-hybridized carbons (Fsp3) is 0.350. The number of benzene rings is 2. The number of nitrogens with zero attached hydrogens (tertiary/aromatic N) is 1. The summed E-state index contributed by atoms with van der Waals surface area (Å²) in [7, 11) is 1.81. The second-order valence-electron chi connectivity index (χ2n) is 5.97. The number of ether oxygens (including phenoxy) is 1. The normalized spacial score (nSPS) is 12.0. The molecule has 0 spiro atoms. The van der Waals surface area contributed by atoms with Crippen molar-refractivity contribution in [1.82, 2.24) is 10.2 Å². The lowest BCUT2D eigenvalue weighted by molar-refractivity contribution is -0.122. The Labute approximate surface area is 148 Å². The van der Waals surface area contributed by atoms with Crippen molar-refractivity contribution in [2.75, 3.05) is 20.2 Å². The summed E-state index contributed by atoms with van der Waals surface area (Å²) in [5.74, 6) is 0.432. The van der Waals surface area contributed by atoms with Gasteiger partial charge in [0.25, 0.3) is 0 Å². The van der Waals surface area contributed by atoms with E-state index >= 15 is 0 Å². The van der Waals surface area contributed by atoms with Gasteiger partial charge in [0.2, 0.25) is 5.91 Å². The second kappa shape index (κ2) is 9.18. The van der Waals surface area contributed by atoms with Crippen molar-refractivity contribution in [3.63, 3.8) is 0 Å². The Morgan fingerprint density at radius 3 is 2.72 bits per heavy atom. The molecule has 25 heavy (non-hydrogen) atoms. The molecule has 1 N–H and O–H groups in total. The molecule has 1 unspecified atom stereocenters. The van der Waals surface area contributed by atoms with Crippen LogP contribution >= 0.6 is 0 Å². The largest absolute Gasteiger partial charge is 0.494 e. The molecule has 0 aromatic heterocycles. The van der Waals surface area contributed by atoms with Gasteiger partial charge in [-0.05, 0) is 44.7 Å². The number of hydrogen-bond donors (Lipinski definition) is 1. The average Bonchev–Trinajstić information content (AvgIpc) is 2.60. The first-order valence-corrected chi connectivity index (χ1v) is 8.44. The number of amides is 1. The van der Waals surface area contributed by atoms with Crippen LogP contribution in [0, 0.1) is 5.82 Å². The molecule has 1 atom stereocenters. The van der Waals surface area contributed by atoms with E-state index in [-0.39, 0.29) is 24.3 Å². The zero-order valence-electron chi connectivity index (χ0n) is 15.0. The third kappa shape index (κ3) is 5.57. The third-order valence-corrected chi connectivity index (χ3v) is 4.11. The summed E-state index contributed by atoms with van der Waals surface area (Å²) in [6, 6.07) is 14.1. The number of nitrogens with one attached hydrogen (secondary N) is 1. The predicted octanol–water partition coefficient (Wildman–Crippen LogP) is 3.53. The molecular formula is C20H25FN2O2. The van der Waals surface area contributed by atoms with Crippen molar-refractivity contribution in [3.05, 3.63) is 65.5 Å². The molecule has 1 amide bonds. The van der Waals surface area contributed by atoms with Crippen LogP contribution in [0.25, 0.3) is 0 Å². The highest BCUT2D eigenvalue weighted by Crippen LogP contribution is 2.21. The summed E-state index contributed by atoms with van der Waals surface area (Å²) in [4.78, 5) is 14.0. The molecule has 0 saturated carbocycles. The Kier molecular flexibility index (Phi) is 6.95. The van der Waals surface area contributed by atoms with Crippen LogP contribution in [0.1, 0.15) is 31.0 Å². The zero-order chi connectivity index (χ0) is 18.2. The summed E-state index contributed by atoms with van der Waals surface area (Å²) in [5, 5.41) is 2.89. The fourth-order valence-electron chi connectivity index (χ4n) is 2.58. The number of carbonyl (C=O) groups excluding carboxylic acids is 1. The van der Waals surface area contributed by atoms with Crippen molar-refractivity contribution < 1.29 is 13.9 Å². The monoisotopic (exact) mass is 344 g/mol. The standard InChI is InChI=1S/C20H25FN2O2/c1-4-25-17-9-7-8-16(12-17)13-22-20(24)14-23(3)15(2)18-10-5-6-11-19(18)21/h5-12,15H,4,13-14H2,1-3H3,(H,22,24). The van der Waals surface area contributed by atoms with Gasteiger partial charge in [-0.1, -0.05) is 30.3 Å². The Bertz CT molecular complexity index is 706. The summed E-state index contributed by atoms with van der Waals surface area (Å²) in [6.45, 7) is 5.05. The second-order valence-corrected chi connectivity index (χ2v) is 5.97. The van der Waals surface area contributed by atoms with Gasteiger partial charge in [0.05, 0.1) is 13.2 Å². The fourth-order valence-corrected chi connectivity index (χ4v) is 2.58. The van der Waals surface area contributed by atoms with Gasteiger partial charge in [0.1, 0.15) is 11.6 Å². The minimum absolute atomic E-state index is 0.104. The smallest absolute Gasteiger partial charge is 0.234 e. The average molecular weight is 344 g/mol. The number of halogens is 1. The Balaban J connectivity index is 1.87. The van der Waals surface area contributed by atoms with Crippen molar-refractivity contribution in [1.29, 1.82) is 0 Å². The number of likely N-dealkylation sites (N-methyl/N-ethyl adjacent to an activating group) is 1. The van der Waals surface area contributed by atoms with E-state index in [1.165, 1.54) is 6.07 Å². The first-order chi connectivity index (χ1) is 12.0. The van der Waals surface area contributed by atoms with Crippen LogP contribution in [0.4, 0.5) is 4.39 Å². The molecule has 0 saturated heterocycles. The summed E-state index contributed by atoms with van der Waals surface area (Å²) < 4.78 is 19.3. The van der Waals surface area contributed by atoms with E-state index in [2.05, 4.69) is 5.32 Å². The lowest BCUT2D eigenvalue weighted by atomic mass is 10.1. The van der Waals surface area contributed by atoms with Gasteiger partial charge in [-0.25, -0.2) is 4.39 Å². The molecular weight excluding hydrogens is 319 g/mol. The van der Waals surface area contributed by atoms with Gasteiger partial charge in [-0.2, -0.15) is 0 Å². The molecule has 0 aliphatic carbocycles. The van der Waals surface area contributed by atoms with E-state index in [4.69, 9.17) is 4.74 Å². The van der Waals surface area contributed by atoms with Crippen molar-refractivity contribution >= 4 is 5.91 Å². The summed E-state index contributed by atoms with van der Waals surface area (Å²) in [6.07, 6.45) is 0. The minimum atomic E-state index is -0.255.